The van der Waals surface area contributed by atoms with Crippen molar-refractivity contribution in [2.24, 2.45) is 0 Å². The lowest BCUT2D eigenvalue weighted by Gasteiger charge is -2.19. The van der Waals surface area contributed by atoms with Gasteiger partial charge in [-0.1, -0.05) is 31.5 Å². The van der Waals surface area contributed by atoms with Crippen molar-refractivity contribution >= 4 is 27.6 Å². The van der Waals surface area contributed by atoms with Crippen LogP contribution in [0.25, 0.3) is 0 Å². The molecule has 0 amide bonds. The third-order valence-corrected chi connectivity index (χ3v) is 5.75. The van der Waals surface area contributed by atoms with Crippen LogP contribution in [0, 0.1) is 0 Å². The Morgan fingerprint density at radius 2 is 1.61 bits per heavy atom. The Balaban J connectivity index is 2.00. The number of esters is 2. The van der Waals surface area contributed by atoms with Gasteiger partial charge in [-0.3, -0.25) is 4.31 Å². The average Bonchev–Trinajstić information content (AvgIpc) is 2.72. The number of rotatable bonds is 9. The monoisotopic (exact) mass is 405 g/mol. The molecule has 28 heavy (non-hydrogen) atoms. The SMILES string of the molecule is CCCCOC(=O)COC(=O)c1ccc(S(=O)(=O)N(C)c2ccccc2)cc1. The summed E-state index contributed by atoms with van der Waals surface area (Å²) in [6.07, 6.45) is 1.63. The highest BCUT2D eigenvalue weighted by molar-refractivity contribution is 7.92. The van der Waals surface area contributed by atoms with Crippen molar-refractivity contribution in [1.82, 2.24) is 0 Å². The number of sulfonamides is 1. The van der Waals surface area contributed by atoms with E-state index in [0.29, 0.717) is 5.69 Å². The summed E-state index contributed by atoms with van der Waals surface area (Å²) >= 11 is 0. The van der Waals surface area contributed by atoms with Gasteiger partial charge in [-0.2, -0.15) is 0 Å². The van der Waals surface area contributed by atoms with Crippen molar-refractivity contribution in [1.29, 1.82) is 0 Å². The van der Waals surface area contributed by atoms with E-state index < -0.39 is 28.6 Å². The highest BCUT2D eigenvalue weighted by Gasteiger charge is 2.21. The molecule has 0 heterocycles. The molecule has 2 rings (SSSR count). The summed E-state index contributed by atoms with van der Waals surface area (Å²) in [4.78, 5) is 23.5. The minimum Gasteiger partial charge on any atom is -0.463 e. The molecule has 8 heteroatoms. The van der Waals surface area contributed by atoms with Crippen LogP contribution < -0.4 is 4.31 Å². The summed E-state index contributed by atoms with van der Waals surface area (Å²) < 4.78 is 36.4. The fourth-order valence-electron chi connectivity index (χ4n) is 2.28. The number of carbonyl (C=O) groups excluding carboxylic acids is 2. The van der Waals surface area contributed by atoms with Crippen molar-refractivity contribution in [2.45, 2.75) is 24.7 Å². The molecule has 7 nitrogen and oxygen atoms in total. The normalized spacial score (nSPS) is 10.9. The molecule has 150 valence electrons. The van der Waals surface area contributed by atoms with E-state index in [1.54, 1.807) is 30.3 Å². The van der Waals surface area contributed by atoms with Gasteiger partial charge in [-0.25, -0.2) is 18.0 Å². The zero-order valence-corrected chi connectivity index (χ0v) is 16.6. The fourth-order valence-corrected chi connectivity index (χ4v) is 3.47. The molecular weight excluding hydrogens is 382 g/mol. The number of para-hydroxylation sites is 1. The van der Waals surface area contributed by atoms with Crippen LogP contribution in [0.15, 0.2) is 59.5 Å². The number of anilines is 1. The number of carbonyl (C=O) groups is 2. The number of nitrogens with zero attached hydrogens (tertiary/aromatic N) is 1. The summed E-state index contributed by atoms with van der Waals surface area (Å²) in [6, 6.07) is 14.0. The van der Waals surface area contributed by atoms with Crippen molar-refractivity contribution in [3.05, 3.63) is 60.2 Å². The predicted molar refractivity (Wildman–Crippen MR) is 105 cm³/mol. The van der Waals surface area contributed by atoms with Gasteiger partial charge in [-0.05, 0) is 42.8 Å². The Morgan fingerprint density at radius 1 is 0.964 bits per heavy atom. The van der Waals surface area contributed by atoms with Gasteiger partial charge in [0.15, 0.2) is 6.61 Å². The molecule has 0 aromatic heterocycles. The number of hydrogen-bond donors (Lipinski definition) is 0. The third-order valence-electron chi connectivity index (χ3n) is 3.95. The Kier molecular flexibility index (Phi) is 7.57. The highest BCUT2D eigenvalue weighted by Crippen LogP contribution is 2.22. The molecule has 0 unspecified atom stereocenters. The number of benzene rings is 2. The number of hydrogen-bond acceptors (Lipinski definition) is 6. The van der Waals surface area contributed by atoms with E-state index in [1.807, 2.05) is 6.92 Å². The summed E-state index contributed by atoms with van der Waals surface area (Å²) in [5.41, 5.74) is 0.662. The first kappa shape index (κ1) is 21.4. The maximum atomic E-state index is 12.7. The van der Waals surface area contributed by atoms with Crippen molar-refractivity contribution in [2.75, 3.05) is 24.6 Å². The Labute approximate surface area is 164 Å². The lowest BCUT2D eigenvalue weighted by Crippen LogP contribution is -2.26. The van der Waals surface area contributed by atoms with E-state index in [0.717, 1.165) is 17.1 Å². The van der Waals surface area contributed by atoms with Crippen LogP contribution in [-0.4, -0.2) is 40.6 Å². The van der Waals surface area contributed by atoms with Gasteiger partial charge >= 0.3 is 11.9 Å². The first-order valence-corrected chi connectivity index (χ1v) is 10.3. The van der Waals surface area contributed by atoms with E-state index >= 15 is 0 Å². The molecule has 0 radical (unpaired) electrons. The summed E-state index contributed by atoms with van der Waals surface area (Å²) in [6.45, 7) is 1.77. The van der Waals surface area contributed by atoms with Crippen LogP contribution in [0.2, 0.25) is 0 Å². The van der Waals surface area contributed by atoms with Gasteiger partial charge in [0.2, 0.25) is 0 Å². The smallest absolute Gasteiger partial charge is 0.344 e. The van der Waals surface area contributed by atoms with Crippen LogP contribution in [0.4, 0.5) is 5.69 Å². The third kappa shape index (κ3) is 5.56. The molecule has 0 N–H and O–H groups in total. The molecule has 0 aliphatic rings. The molecule has 0 aliphatic carbocycles. The molecule has 0 spiro atoms. The standard InChI is InChI=1S/C20H23NO6S/c1-3-4-14-26-19(22)15-27-20(23)16-10-12-18(13-11-16)28(24,25)21(2)17-8-6-5-7-9-17/h5-13H,3-4,14-15H2,1-2H3. The van der Waals surface area contributed by atoms with Crippen LogP contribution >= 0.6 is 0 Å². The molecule has 0 atom stereocenters. The van der Waals surface area contributed by atoms with Crippen LogP contribution in [0.1, 0.15) is 30.1 Å². The average molecular weight is 405 g/mol. The second-order valence-electron chi connectivity index (χ2n) is 5.98. The summed E-state index contributed by atoms with van der Waals surface area (Å²) in [7, 11) is -2.31. The lowest BCUT2D eigenvalue weighted by molar-refractivity contribution is -0.147. The van der Waals surface area contributed by atoms with E-state index in [-0.39, 0.29) is 17.1 Å². The zero-order valence-electron chi connectivity index (χ0n) is 15.8. The van der Waals surface area contributed by atoms with Crippen LogP contribution in [-0.2, 0) is 24.3 Å². The maximum Gasteiger partial charge on any atom is 0.344 e. The van der Waals surface area contributed by atoms with Crippen LogP contribution in [0.5, 0.6) is 0 Å². The Hall–Kier alpha value is -2.87. The molecule has 2 aromatic rings. The molecule has 0 bridgehead atoms. The maximum absolute atomic E-state index is 12.7. The van der Waals surface area contributed by atoms with Gasteiger partial charge in [0, 0.05) is 7.05 Å². The topological polar surface area (TPSA) is 90.0 Å². The van der Waals surface area contributed by atoms with Gasteiger partial charge in [0.1, 0.15) is 0 Å². The molecule has 2 aromatic carbocycles. The first-order chi connectivity index (χ1) is 13.4. The largest absolute Gasteiger partial charge is 0.463 e. The predicted octanol–water partition coefficient (Wildman–Crippen LogP) is 3.01. The molecule has 0 saturated carbocycles. The Morgan fingerprint density at radius 3 is 2.21 bits per heavy atom. The first-order valence-electron chi connectivity index (χ1n) is 8.83. The van der Waals surface area contributed by atoms with Gasteiger partial charge in [-0.15, -0.1) is 0 Å². The van der Waals surface area contributed by atoms with E-state index in [1.165, 1.54) is 31.3 Å². The summed E-state index contributed by atoms with van der Waals surface area (Å²) in [5.74, 6) is -1.35. The zero-order chi connectivity index (χ0) is 20.6. The lowest BCUT2D eigenvalue weighted by atomic mass is 10.2. The molecular formula is C20H23NO6S. The van der Waals surface area contributed by atoms with Gasteiger partial charge in [0.25, 0.3) is 10.0 Å². The van der Waals surface area contributed by atoms with Crippen LogP contribution in [0.3, 0.4) is 0 Å². The van der Waals surface area contributed by atoms with Crippen molar-refractivity contribution < 1.29 is 27.5 Å². The molecule has 0 saturated heterocycles. The minimum atomic E-state index is -3.77. The number of ether oxygens (including phenoxy) is 2. The molecule has 0 aliphatic heterocycles. The Bertz CT molecular complexity index is 894. The summed E-state index contributed by atoms with van der Waals surface area (Å²) in [5, 5.41) is 0. The van der Waals surface area contributed by atoms with Gasteiger partial charge in [0.05, 0.1) is 22.8 Å². The highest BCUT2D eigenvalue weighted by atomic mass is 32.2. The molecule has 0 fully saturated rings. The second kappa shape index (κ2) is 9.89. The van der Waals surface area contributed by atoms with Gasteiger partial charge < -0.3 is 9.47 Å². The van der Waals surface area contributed by atoms with E-state index in [9.17, 15) is 18.0 Å². The van der Waals surface area contributed by atoms with Crippen molar-refractivity contribution in [3.8, 4) is 0 Å². The van der Waals surface area contributed by atoms with E-state index in [2.05, 4.69) is 0 Å². The minimum absolute atomic E-state index is 0.0365. The van der Waals surface area contributed by atoms with E-state index in [4.69, 9.17) is 9.47 Å². The number of unbranched alkanes of at least 4 members (excludes halogenated alkanes) is 1. The van der Waals surface area contributed by atoms with Crippen molar-refractivity contribution in [3.63, 3.8) is 0 Å². The fraction of sp³-hybridized carbons (Fsp3) is 0.300. The second-order valence-corrected chi connectivity index (χ2v) is 7.95. The quantitative estimate of drug-likeness (QED) is 0.471.